The monoisotopic (exact) mass is 331 g/mol. The lowest BCUT2D eigenvalue weighted by Gasteiger charge is -2.05. The van der Waals surface area contributed by atoms with Crippen molar-refractivity contribution in [3.05, 3.63) is 23.5 Å². The van der Waals surface area contributed by atoms with E-state index in [-0.39, 0.29) is 23.4 Å². The molecule has 0 spiro atoms. The molecule has 0 bridgehead atoms. The van der Waals surface area contributed by atoms with Crippen molar-refractivity contribution in [1.29, 1.82) is 0 Å². The maximum absolute atomic E-state index is 12.3. The molecule has 0 aliphatic heterocycles. The van der Waals surface area contributed by atoms with Crippen molar-refractivity contribution < 1.29 is 9.59 Å². The number of carbonyl (C=O) groups excluding carboxylic acids is 2. The summed E-state index contributed by atoms with van der Waals surface area (Å²) >= 11 is 0. The average molecular weight is 331 g/mol. The van der Waals surface area contributed by atoms with Crippen LogP contribution in [0, 0.1) is 5.92 Å². The first-order chi connectivity index (χ1) is 11.4. The normalized spacial score (nSPS) is 14.0. The Morgan fingerprint density at radius 2 is 2.08 bits per heavy atom. The first-order valence-electron chi connectivity index (χ1n) is 7.77. The highest BCUT2D eigenvalue weighted by Gasteiger charge is 2.30. The summed E-state index contributed by atoms with van der Waals surface area (Å²) in [6, 6.07) is 3.33. The van der Waals surface area contributed by atoms with Crippen LogP contribution in [0.4, 0.5) is 11.6 Å². The molecule has 0 radical (unpaired) electrons. The molecule has 128 valence electrons. The van der Waals surface area contributed by atoms with Crippen molar-refractivity contribution >= 4 is 23.5 Å². The minimum Gasteiger partial charge on any atom is -0.311 e. The molecule has 2 amide bonds. The first-order valence-corrected chi connectivity index (χ1v) is 7.77. The summed E-state index contributed by atoms with van der Waals surface area (Å²) in [7, 11) is 5.58. The smallest absolute Gasteiger partial charge is 0.277 e. The number of aryl methyl sites for hydroxylation is 1. The molecule has 1 fully saturated rings. The van der Waals surface area contributed by atoms with Gasteiger partial charge in [0.05, 0.1) is 5.69 Å². The van der Waals surface area contributed by atoms with E-state index in [2.05, 4.69) is 25.9 Å². The van der Waals surface area contributed by atoms with Gasteiger partial charge in [-0.25, -0.2) is 0 Å². The Hall–Kier alpha value is -2.68. The van der Waals surface area contributed by atoms with Crippen LogP contribution >= 0.6 is 0 Å². The Bertz CT molecular complexity index is 758. The van der Waals surface area contributed by atoms with Gasteiger partial charge in [-0.05, 0) is 26.9 Å². The third kappa shape index (κ3) is 3.80. The van der Waals surface area contributed by atoms with E-state index in [9.17, 15) is 9.59 Å². The van der Waals surface area contributed by atoms with Crippen molar-refractivity contribution in [2.45, 2.75) is 19.4 Å². The summed E-state index contributed by atoms with van der Waals surface area (Å²) < 4.78 is 1.48. The second-order valence-electron chi connectivity index (χ2n) is 6.27. The van der Waals surface area contributed by atoms with Crippen LogP contribution in [0.5, 0.6) is 0 Å². The molecule has 0 unspecified atom stereocenters. The van der Waals surface area contributed by atoms with E-state index in [1.807, 2.05) is 19.0 Å². The zero-order valence-electron chi connectivity index (χ0n) is 14.0. The summed E-state index contributed by atoms with van der Waals surface area (Å²) in [6.45, 7) is 0.698. The Kier molecular flexibility index (Phi) is 4.34. The Labute approximate surface area is 139 Å². The van der Waals surface area contributed by atoms with Gasteiger partial charge in [-0.15, -0.1) is 0 Å². The van der Waals surface area contributed by atoms with Gasteiger partial charge < -0.3 is 15.5 Å². The fraction of sp³-hybridized carbons (Fsp3) is 0.467. The molecule has 3 N–H and O–H groups in total. The number of H-pyrrole nitrogens is 1. The predicted octanol–water partition coefficient (Wildman–Crippen LogP) is 0.806. The highest BCUT2D eigenvalue weighted by molar-refractivity contribution is 6.03. The van der Waals surface area contributed by atoms with Crippen LogP contribution in [0.2, 0.25) is 0 Å². The summed E-state index contributed by atoms with van der Waals surface area (Å²) in [5.41, 5.74) is 1.12. The number of hydrogen-bond acceptors (Lipinski definition) is 5. The molecule has 1 aliphatic carbocycles. The number of nitrogens with zero attached hydrogens (tertiary/aromatic N) is 4. The van der Waals surface area contributed by atoms with Crippen molar-refractivity contribution in [3.8, 4) is 0 Å². The molecular formula is C15H21N7O2. The molecule has 1 aliphatic rings. The number of nitrogens with one attached hydrogen (secondary N) is 3. The van der Waals surface area contributed by atoms with Crippen LogP contribution in [0.3, 0.4) is 0 Å². The van der Waals surface area contributed by atoms with E-state index in [1.165, 1.54) is 4.68 Å². The maximum atomic E-state index is 12.3. The highest BCUT2D eigenvalue weighted by Crippen LogP contribution is 2.30. The zero-order chi connectivity index (χ0) is 17.3. The molecule has 9 nitrogen and oxygen atoms in total. The first kappa shape index (κ1) is 16.2. The molecular weight excluding hydrogens is 310 g/mol. The van der Waals surface area contributed by atoms with E-state index < -0.39 is 0 Å². The van der Waals surface area contributed by atoms with Gasteiger partial charge in [-0.3, -0.25) is 19.4 Å². The van der Waals surface area contributed by atoms with Crippen LogP contribution in [0.25, 0.3) is 0 Å². The summed E-state index contributed by atoms with van der Waals surface area (Å²) in [4.78, 5) is 26.1. The molecule has 9 heteroatoms. The van der Waals surface area contributed by atoms with Gasteiger partial charge in [0.25, 0.3) is 5.91 Å². The van der Waals surface area contributed by atoms with E-state index in [4.69, 9.17) is 0 Å². The van der Waals surface area contributed by atoms with Crippen molar-refractivity contribution in [1.82, 2.24) is 24.9 Å². The lowest BCUT2D eigenvalue weighted by molar-refractivity contribution is -0.117. The van der Waals surface area contributed by atoms with Gasteiger partial charge >= 0.3 is 0 Å². The number of hydrogen-bond donors (Lipinski definition) is 3. The summed E-state index contributed by atoms with van der Waals surface area (Å²) in [5, 5.41) is 16.5. The predicted molar refractivity (Wildman–Crippen MR) is 88.5 cm³/mol. The van der Waals surface area contributed by atoms with E-state index in [0.717, 1.165) is 18.5 Å². The van der Waals surface area contributed by atoms with Crippen LogP contribution in [0.15, 0.2) is 12.1 Å². The van der Waals surface area contributed by atoms with Gasteiger partial charge in [0, 0.05) is 31.6 Å². The Balaban J connectivity index is 1.64. The van der Waals surface area contributed by atoms with Crippen molar-refractivity contribution in [2.24, 2.45) is 13.0 Å². The number of aromatic amines is 1. The SMILES string of the molecule is CN(C)Cc1cc(NC(=O)c2cc(NC(=O)C3CC3)n(C)n2)n[nH]1. The Morgan fingerprint density at radius 1 is 1.33 bits per heavy atom. The third-order valence-electron chi connectivity index (χ3n) is 3.67. The van der Waals surface area contributed by atoms with Gasteiger partial charge in [0.15, 0.2) is 11.5 Å². The van der Waals surface area contributed by atoms with Crippen LogP contribution in [-0.4, -0.2) is 50.8 Å². The second-order valence-corrected chi connectivity index (χ2v) is 6.27. The second kappa shape index (κ2) is 6.44. The quantitative estimate of drug-likeness (QED) is 0.726. The minimum atomic E-state index is -0.375. The standard InChI is InChI=1S/C15H21N7O2/c1-21(2)8-10-6-12(19-18-10)16-15(24)11-7-13(22(3)20-11)17-14(23)9-4-5-9/h6-7,9H,4-5,8H2,1-3H3,(H,17,23)(H2,16,18,19,24). The molecule has 0 aromatic carbocycles. The van der Waals surface area contributed by atoms with E-state index >= 15 is 0 Å². The fourth-order valence-corrected chi connectivity index (χ4v) is 2.30. The molecule has 3 rings (SSSR count). The molecule has 24 heavy (non-hydrogen) atoms. The van der Waals surface area contributed by atoms with Crippen molar-refractivity contribution in [2.75, 3.05) is 24.7 Å². The number of amides is 2. The van der Waals surface area contributed by atoms with Gasteiger partial charge in [0.2, 0.25) is 5.91 Å². The summed E-state index contributed by atoms with van der Waals surface area (Å²) in [5.74, 6) is 0.640. The highest BCUT2D eigenvalue weighted by atomic mass is 16.2. The van der Waals surface area contributed by atoms with E-state index in [0.29, 0.717) is 18.2 Å². The lowest BCUT2D eigenvalue weighted by atomic mass is 10.3. The number of carbonyl (C=O) groups is 2. The fourth-order valence-electron chi connectivity index (χ4n) is 2.30. The number of rotatable bonds is 6. The summed E-state index contributed by atoms with van der Waals surface area (Å²) in [6.07, 6.45) is 1.84. The van der Waals surface area contributed by atoms with Crippen LogP contribution in [-0.2, 0) is 18.4 Å². The molecule has 2 aromatic heterocycles. The zero-order valence-corrected chi connectivity index (χ0v) is 14.0. The van der Waals surface area contributed by atoms with Crippen molar-refractivity contribution in [3.63, 3.8) is 0 Å². The molecule has 2 aromatic rings. The van der Waals surface area contributed by atoms with Crippen LogP contribution in [0.1, 0.15) is 29.0 Å². The minimum absolute atomic E-state index is 0.0226. The molecule has 0 saturated heterocycles. The maximum Gasteiger partial charge on any atom is 0.277 e. The average Bonchev–Trinajstić information content (AvgIpc) is 3.18. The van der Waals surface area contributed by atoms with E-state index in [1.54, 1.807) is 19.2 Å². The lowest BCUT2D eigenvalue weighted by Crippen LogP contribution is -2.15. The number of aromatic nitrogens is 4. The molecule has 2 heterocycles. The van der Waals surface area contributed by atoms with Gasteiger partial charge in [0.1, 0.15) is 5.82 Å². The van der Waals surface area contributed by atoms with Gasteiger partial charge in [-0.1, -0.05) is 0 Å². The topological polar surface area (TPSA) is 108 Å². The third-order valence-corrected chi connectivity index (χ3v) is 3.67. The Morgan fingerprint density at radius 3 is 2.75 bits per heavy atom. The molecule has 1 saturated carbocycles. The van der Waals surface area contributed by atoms with Gasteiger partial charge in [-0.2, -0.15) is 10.2 Å². The molecule has 0 atom stereocenters. The largest absolute Gasteiger partial charge is 0.311 e. The van der Waals surface area contributed by atoms with Crippen LogP contribution < -0.4 is 10.6 Å². The number of anilines is 2.